The van der Waals surface area contributed by atoms with Gasteiger partial charge in [-0.25, -0.2) is 4.79 Å². The zero-order valence-electron chi connectivity index (χ0n) is 11.7. The van der Waals surface area contributed by atoms with Gasteiger partial charge in [-0.15, -0.1) is 0 Å². The molecule has 110 valence electrons. The number of carbonyl (C=O) groups is 1. The van der Waals surface area contributed by atoms with Crippen LogP contribution in [0.2, 0.25) is 0 Å². The molecule has 1 aromatic carbocycles. The van der Waals surface area contributed by atoms with Gasteiger partial charge >= 0.3 is 6.09 Å². The van der Waals surface area contributed by atoms with Gasteiger partial charge in [0.2, 0.25) is 0 Å². The fourth-order valence-corrected chi connectivity index (χ4v) is 1.57. The Balaban J connectivity index is 0.00000361. The minimum atomic E-state index is -0.502. The first kappa shape index (κ1) is 19.2. The van der Waals surface area contributed by atoms with Gasteiger partial charge in [0.25, 0.3) is 0 Å². The number of rotatable bonds is 3. The van der Waals surface area contributed by atoms with Crippen molar-refractivity contribution < 1.29 is 38.0 Å². The molecule has 0 aliphatic heterocycles. The Morgan fingerprint density at radius 2 is 2.05 bits per heavy atom. The first-order valence-corrected chi connectivity index (χ1v) is 6.62. The average molecular weight is 453 g/mol. The SMILES string of the molecule is C[N+](C)(C)CC#CCOC(=O)Nc1cccc(Br)c1.[I-]. The van der Waals surface area contributed by atoms with Crippen LogP contribution in [0.15, 0.2) is 28.7 Å². The molecule has 1 N–H and O–H groups in total. The molecule has 0 heterocycles. The van der Waals surface area contributed by atoms with E-state index in [-0.39, 0.29) is 30.6 Å². The Kier molecular flexibility index (Phi) is 8.85. The molecule has 0 fully saturated rings. The van der Waals surface area contributed by atoms with Gasteiger partial charge < -0.3 is 33.2 Å². The Morgan fingerprint density at radius 1 is 1.35 bits per heavy atom. The molecule has 4 nitrogen and oxygen atoms in total. The third-order valence-corrected chi connectivity index (χ3v) is 2.52. The number of quaternary nitrogens is 1. The lowest BCUT2D eigenvalue weighted by molar-refractivity contribution is -0.862. The van der Waals surface area contributed by atoms with Crippen molar-refractivity contribution in [1.82, 2.24) is 0 Å². The lowest BCUT2D eigenvalue weighted by Gasteiger charge is -2.19. The van der Waals surface area contributed by atoms with E-state index in [1.165, 1.54) is 0 Å². The Labute approximate surface area is 145 Å². The number of hydrogen-bond acceptors (Lipinski definition) is 2. The monoisotopic (exact) mass is 452 g/mol. The number of benzene rings is 1. The number of amides is 1. The molecule has 0 atom stereocenters. The second kappa shape index (κ2) is 9.21. The van der Waals surface area contributed by atoms with E-state index in [0.717, 1.165) is 15.5 Å². The second-order valence-corrected chi connectivity index (χ2v) is 5.93. The highest BCUT2D eigenvalue weighted by Crippen LogP contribution is 2.15. The summed E-state index contributed by atoms with van der Waals surface area (Å²) in [7, 11) is 6.15. The van der Waals surface area contributed by atoms with Gasteiger partial charge in [0, 0.05) is 10.2 Å². The van der Waals surface area contributed by atoms with Crippen LogP contribution in [0.5, 0.6) is 0 Å². The van der Waals surface area contributed by atoms with E-state index in [1.807, 2.05) is 12.1 Å². The number of hydrogen-bond donors (Lipinski definition) is 1. The molecular weight excluding hydrogens is 435 g/mol. The summed E-state index contributed by atoms with van der Waals surface area (Å²) in [6, 6.07) is 7.30. The Morgan fingerprint density at radius 3 is 2.65 bits per heavy atom. The summed E-state index contributed by atoms with van der Waals surface area (Å²) in [5.74, 6) is 5.78. The molecule has 0 saturated heterocycles. The van der Waals surface area contributed by atoms with Gasteiger partial charge in [0.15, 0.2) is 6.61 Å². The maximum Gasteiger partial charge on any atom is 0.412 e. The predicted octanol–water partition coefficient (Wildman–Crippen LogP) is -0.289. The lowest BCUT2D eigenvalue weighted by atomic mass is 10.3. The number of anilines is 1. The molecule has 0 aliphatic rings. The predicted molar refractivity (Wildman–Crippen MR) is 79.8 cm³/mol. The Bertz CT molecular complexity index is 504. The molecule has 0 aromatic heterocycles. The quantitative estimate of drug-likeness (QED) is 0.389. The number of halogens is 2. The molecule has 20 heavy (non-hydrogen) atoms. The van der Waals surface area contributed by atoms with Crippen molar-refractivity contribution in [2.24, 2.45) is 0 Å². The van der Waals surface area contributed by atoms with E-state index in [0.29, 0.717) is 5.69 Å². The van der Waals surface area contributed by atoms with E-state index < -0.39 is 6.09 Å². The highest BCUT2D eigenvalue weighted by atomic mass is 127. The van der Waals surface area contributed by atoms with Crippen LogP contribution in [0.25, 0.3) is 0 Å². The summed E-state index contributed by atoms with van der Waals surface area (Å²) in [5.41, 5.74) is 0.679. The molecule has 0 unspecified atom stereocenters. The summed E-state index contributed by atoms with van der Waals surface area (Å²) >= 11 is 3.33. The second-order valence-electron chi connectivity index (χ2n) is 5.01. The topological polar surface area (TPSA) is 38.3 Å². The van der Waals surface area contributed by atoms with Crippen LogP contribution in [0.3, 0.4) is 0 Å². The summed E-state index contributed by atoms with van der Waals surface area (Å²) in [4.78, 5) is 11.5. The van der Waals surface area contributed by atoms with Gasteiger partial charge in [-0.2, -0.15) is 0 Å². The minimum Gasteiger partial charge on any atom is -1.00 e. The first-order chi connectivity index (χ1) is 8.87. The lowest BCUT2D eigenvalue weighted by Crippen LogP contribution is -3.00. The third-order valence-electron chi connectivity index (χ3n) is 2.02. The van der Waals surface area contributed by atoms with Crippen molar-refractivity contribution in [3.63, 3.8) is 0 Å². The summed E-state index contributed by atoms with van der Waals surface area (Å²) < 4.78 is 6.61. The number of ether oxygens (including phenoxy) is 1. The van der Waals surface area contributed by atoms with E-state index in [4.69, 9.17) is 4.74 Å². The van der Waals surface area contributed by atoms with Gasteiger partial charge in [-0.1, -0.05) is 27.9 Å². The standard InChI is InChI=1S/C14H17BrN2O2.HI/c1-17(2,3)9-4-5-10-19-14(18)16-13-8-6-7-12(15)11-13;/h6-8,11H,9-10H2,1-3H3;1H. The smallest absolute Gasteiger partial charge is 0.412 e. The fraction of sp³-hybridized carbons (Fsp3) is 0.357. The normalized spacial score (nSPS) is 9.80. The van der Waals surface area contributed by atoms with Crippen LogP contribution in [0.4, 0.5) is 10.5 Å². The molecule has 0 bridgehead atoms. The van der Waals surface area contributed by atoms with Crippen LogP contribution in [0, 0.1) is 11.8 Å². The van der Waals surface area contributed by atoms with Gasteiger partial charge in [0.1, 0.15) is 6.54 Å². The van der Waals surface area contributed by atoms with Crippen LogP contribution in [-0.2, 0) is 4.74 Å². The molecule has 0 aliphatic carbocycles. The molecule has 6 heteroatoms. The Hall–Kier alpha value is -0.780. The molecular formula is C14H18BrIN2O2. The van der Waals surface area contributed by atoms with Crippen molar-refractivity contribution in [1.29, 1.82) is 0 Å². The zero-order chi connectivity index (χ0) is 14.3. The number of carbonyl (C=O) groups excluding carboxylic acids is 1. The van der Waals surface area contributed by atoms with Crippen molar-refractivity contribution in [2.75, 3.05) is 39.6 Å². The first-order valence-electron chi connectivity index (χ1n) is 5.82. The number of nitrogens with one attached hydrogen (secondary N) is 1. The summed E-state index contributed by atoms with van der Waals surface area (Å²) in [6.07, 6.45) is -0.502. The fourth-order valence-electron chi connectivity index (χ4n) is 1.17. The molecule has 1 amide bonds. The van der Waals surface area contributed by atoms with E-state index in [1.54, 1.807) is 12.1 Å². The van der Waals surface area contributed by atoms with Crippen LogP contribution < -0.4 is 29.3 Å². The van der Waals surface area contributed by atoms with Crippen molar-refractivity contribution in [3.8, 4) is 11.8 Å². The van der Waals surface area contributed by atoms with Crippen molar-refractivity contribution in [3.05, 3.63) is 28.7 Å². The van der Waals surface area contributed by atoms with E-state index in [9.17, 15) is 4.79 Å². The van der Waals surface area contributed by atoms with Crippen LogP contribution in [0.1, 0.15) is 0 Å². The third kappa shape index (κ3) is 9.18. The summed E-state index contributed by atoms with van der Waals surface area (Å²) in [5, 5.41) is 2.63. The molecule has 1 aromatic rings. The molecule has 1 rings (SSSR count). The highest BCUT2D eigenvalue weighted by Gasteiger charge is 2.03. The zero-order valence-corrected chi connectivity index (χ0v) is 15.5. The van der Waals surface area contributed by atoms with Gasteiger partial charge in [-0.05, 0) is 24.1 Å². The number of nitrogens with zero attached hydrogens (tertiary/aromatic N) is 1. The van der Waals surface area contributed by atoms with Crippen molar-refractivity contribution in [2.45, 2.75) is 0 Å². The molecule has 0 spiro atoms. The molecule has 0 saturated carbocycles. The van der Waals surface area contributed by atoms with Gasteiger partial charge in [-0.3, -0.25) is 5.32 Å². The van der Waals surface area contributed by atoms with E-state index in [2.05, 4.69) is 54.2 Å². The largest absolute Gasteiger partial charge is 1.00 e. The summed E-state index contributed by atoms with van der Waals surface area (Å²) in [6.45, 7) is 0.816. The maximum atomic E-state index is 11.5. The molecule has 0 radical (unpaired) electrons. The van der Waals surface area contributed by atoms with Crippen LogP contribution >= 0.6 is 15.9 Å². The van der Waals surface area contributed by atoms with Gasteiger partial charge in [0.05, 0.1) is 21.1 Å². The minimum absolute atomic E-state index is 0. The maximum absolute atomic E-state index is 11.5. The highest BCUT2D eigenvalue weighted by molar-refractivity contribution is 9.10. The van der Waals surface area contributed by atoms with E-state index >= 15 is 0 Å². The average Bonchev–Trinajstić information content (AvgIpc) is 2.26. The van der Waals surface area contributed by atoms with Crippen molar-refractivity contribution >= 4 is 27.7 Å². The van der Waals surface area contributed by atoms with Crippen LogP contribution in [-0.4, -0.2) is 44.9 Å².